The molecule has 0 aliphatic carbocycles. The van der Waals surface area contributed by atoms with Crippen molar-refractivity contribution in [1.29, 1.82) is 0 Å². The van der Waals surface area contributed by atoms with E-state index in [1.807, 2.05) is 45.7 Å². The summed E-state index contributed by atoms with van der Waals surface area (Å²) in [4.78, 5) is 32.7. The third-order valence-corrected chi connectivity index (χ3v) is 5.31. The summed E-state index contributed by atoms with van der Waals surface area (Å²) in [5, 5.41) is 6.24. The SMILES string of the molecule is CCNC(=NCc1cccc(CN2CCCC(C(N)=O)C2)c1)N(C)CC(=O)NC(C)(C)C.I. The molecule has 1 aromatic carbocycles. The van der Waals surface area contributed by atoms with Crippen LogP contribution in [0.4, 0.5) is 0 Å². The Kier molecular flexibility index (Phi) is 12.1. The fourth-order valence-electron chi connectivity index (χ4n) is 3.90. The molecule has 1 aliphatic rings. The number of likely N-dealkylation sites (N-methyl/N-ethyl adjacent to an activating group) is 1. The molecule has 1 atom stereocenters. The molecule has 1 aromatic rings. The third-order valence-electron chi connectivity index (χ3n) is 5.31. The maximum atomic E-state index is 12.3. The molecule has 1 fully saturated rings. The summed E-state index contributed by atoms with van der Waals surface area (Å²) in [6.45, 7) is 11.9. The Balaban J connectivity index is 0.00000544. The van der Waals surface area contributed by atoms with Gasteiger partial charge in [-0.25, -0.2) is 4.99 Å². The molecule has 0 spiro atoms. The summed E-state index contributed by atoms with van der Waals surface area (Å²) in [5.74, 6) is 0.407. The van der Waals surface area contributed by atoms with Crippen molar-refractivity contribution < 1.29 is 9.59 Å². The van der Waals surface area contributed by atoms with Gasteiger partial charge in [0, 0.05) is 32.2 Å². The minimum absolute atomic E-state index is 0. The zero-order valence-electron chi connectivity index (χ0n) is 20.7. The molecule has 8 nitrogen and oxygen atoms in total. The van der Waals surface area contributed by atoms with E-state index in [0.717, 1.165) is 44.6 Å². The van der Waals surface area contributed by atoms with Crippen LogP contribution in [0, 0.1) is 5.92 Å². The molecule has 9 heteroatoms. The van der Waals surface area contributed by atoms with Gasteiger partial charge in [-0.2, -0.15) is 0 Å². The number of halogens is 1. The van der Waals surface area contributed by atoms with Crippen molar-refractivity contribution in [3.63, 3.8) is 0 Å². The number of amides is 2. The highest BCUT2D eigenvalue weighted by Gasteiger charge is 2.23. The van der Waals surface area contributed by atoms with E-state index in [2.05, 4.69) is 33.7 Å². The van der Waals surface area contributed by atoms with E-state index in [-0.39, 0.29) is 53.8 Å². The molecule has 1 aliphatic heterocycles. The highest BCUT2D eigenvalue weighted by atomic mass is 127. The smallest absolute Gasteiger partial charge is 0.240 e. The Morgan fingerprint density at radius 2 is 1.97 bits per heavy atom. The molecule has 186 valence electrons. The quantitative estimate of drug-likeness (QED) is 0.252. The van der Waals surface area contributed by atoms with Crippen LogP contribution in [0.2, 0.25) is 0 Å². The summed E-state index contributed by atoms with van der Waals surface area (Å²) in [6.07, 6.45) is 1.88. The summed E-state index contributed by atoms with van der Waals surface area (Å²) in [5.41, 5.74) is 7.55. The fraction of sp³-hybridized carbons (Fsp3) is 0.625. The van der Waals surface area contributed by atoms with E-state index < -0.39 is 0 Å². The third kappa shape index (κ3) is 10.7. The lowest BCUT2D eigenvalue weighted by atomic mass is 9.97. The predicted molar refractivity (Wildman–Crippen MR) is 144 cm³/mol. The summed E-state index contributed by atoms with van der Waals surface area (Å²) in [7, 11) is 1.87. The monoisotopic (exact) mass is 572 g/mol. The molecule has 1 heterocycles. The van der Waals surface area contributed by atoms with Crippen LogP contribution >= 0.6 is 24.0 Å². The molecule has 1 unspecified atom stereocenters. The largest absolute Gasteiger partial charge is 0.369 e. The lowest BCUT2D eigenvalue weighted by Crippen LogP contribution is -2.48. The minimum Gasteiger partial charge on any atom is -0.369 e. The van der Waals surface area contributed by atoms with E-state index in [1.54, 1.807) is 0 Å². The van der Waals surface area contributed by atoms with Gasteiger partial charge in [0.2, 0.25) is 11.8 Å². The minimum atomic E-state index is -0.264. The highest BCUT2D eigenvalue weighted by molar-refractivity contribution is 14.0. The number of primary amides is 1. The zero-order valence-corrected chi connectivity index (χ0v) is 23.0. The van der Waals surface area contributed by atoms with Crippen LogP contribution in [0.15, 0.2) is 29.3 Å². The number of nitrogens with one attached hydrogen (secondary N) is 2. The second kappa shape index (κ2) is 13.7. The van der Waals surface area contributed by atoms with Crippen molar-refractivity contribution in [3.05, 3.63) is 35.4 Å². The second-order valence-corrected chi connectivity index (χ2v) is 9.62. The number of hydrogen-bond acceptors (Lipinski definition) is 4. The maximum absolute atomic E-state index is 12.3. The van der Waals surface area contributed by atoms with E-state index in [1.165, 1.54) is 5.56 Å². The number of piperidine rings is 1. The van der Waals surface area contributed by atoms with E-state index in [0.29, 0.717) is 12.5 Å². The molecule has 2 amide bonds. The molecule has 33 heavy (non-hydrogen) atoms. The van der Waals surface area contributed by atoms with E-state index >= 15 is 0 Å². The van der Waals surface area contributed by atoms with Crippen molar-refractivity contribution in [1.82, 2.24) is 20.4 Å². The normalized spacial score (nSPS) is 17.1. The van der Waals surface area contributed by atoms with Crippen LogP contribution in [0.5, 0.6) is 0 Å². The number of carbonyl (C=O) groups excluding carboxylic acids is 2. The Morgan fingerprint density at radius 3 is 2.61 bits per heavy atom. The van der Waals surface area contributed by atoms with Crippen molar-refractivity contribution >= 4 is 41.8 Å². The molecular formula is C24H41IN6O2. The number of nitrogens with two attached hydrogens (primary N) is 1. The molecule has 4 N–H and O–H groups in total. The van der Waals surface area contributed by atoms with Crippen LogP contribution in [0.25, 0.3) is 0 Å². The van der Waals surface area contributed by atoms with E-state index in [9.17, 15) is 9.59 Å². The number of hydrogen-bond donors (Lipinski definition) is 3. The number of carbonyl (C=O) groups is 2. The van der Waals surface area contributed by atoms with Crippen LogP contribution in [-0.2, 0) is 22.7 Å². The van der Waals surface area contributed by atoms with Gasteiger partial charge < -0.3 is 21.3 Å². The first kappa shape index (κ1) is 29.2. The van der Waals surface area contributed by atoms with Gasteiger partial charge in [-0.3, -0.25) is 14.5 Å². The van der Waals surface area contributed by atoms with Gasteiger partial charge in [0.05, 0.1) is 19.0 Å². The Labute approximate surface area is 215 Å². The standard InChI is InChI=1S/C24H40N6O2.HI/c1-6-26-23(29(5)17-21(31)28-24(2,3)4)27-14-18-9-7-10-19(13-18)15-30-12-8-11-20(16-30)22(25)32;/h7,9-10,13,20H,6,8,11-12,14-17H2,1-5H3,(H2,25,32)(H,26,27)(H,28,31);1H. The highest BCUT2D eigenvalue weighted by Crippen LogP contribution is 2.19. The number of rotatable bonds is 8. The van der Waals surface area contributed by atoms with Crippen molar-refractivity contribution in [2.75, 3.05) is 33.2 Å². The van der Waals surface area contributed by atoms with Gasteiger partial charge in [0.1, 0.15) is 0 Å². The van der Waals surface area contributed by atoms with Crippen LogP contribution < -0.4 is 16.4 Å². The van der Waals surface area contributed by atoms with Gasteiger partial charge in [-0.15, -0.1) is 24.0 Å². The average molecular weight is 573 g/mol. The topological polar surface area (TPSA) is 103 Å². The first-order chi connectivity index (χ1) is 15.1. The number of aliphatic imine (C=N–C) groups is 1. The average Bonchev–Trinajstić information content (AvgIpc) is 2.70. The molecule has 1 saturated heterocycles. The first-order valence-electron chi connectivity index (χ1n) is 11.5. The second-order valence-electron chi connectivity index (χ2n) is 9.62. The van der Waals surface area contributed by atoms with Gasteiger partial charge >= 0.3 is 0 Å². The van der Waals surface area contributed by atoms with Crippen molar-refractivity contribution in [2.24, 2.45) is 16.6 Å². The van der Waals surface area contributed by atoms with Gasteiger partial charge in [0.25, 0.3) is 0 Å². The van der Waals surface area contributed by atoms with Crippen LogP contribution in [0.1, 0.15) is 51.7 Å². The van der Waals surface area contributed by atoms with Crippen LogP contribution in [0.3, 0.4) is 0 Å². The predicted octanol–water partition coefficient (Wildman–Crippen LogP) is 2.31. The molecule has 0 saturated carbocycles. The molecule has 0 aromatic heterocycles. The summed E-state index contributed by atoms with van der Waals surface area (Å²) >= 11 is 0. The maximum Gasteiger partial charge on any atom is 0.240 e. The number of nitrogens with zero attached hydrogens (tertiary/aromatic N) is 3. The van der Waals surface area contributed by atoms with Crippen molar-refractivity contribution in [3.8, 4) is 0 Å². The summed E-state index contributed by atoms with van der Waals surface area (Å²) < 4.78 is 0. The first-order valence-corrected chi connectivity index (χ1v) is 11.5. The van der Waals surface area contributed by atoms with E-state index in [4.69, 9.17) is 10.7 Å². The Hall–Kier alpha value is -1.88. The zero-order chi connectivity index (χ0) is 23.7. The lowest BCUT2D eigenvalue weighted by molar-refractivity contribution is -0.124. The number of likely N-dealkylation sites (tertiary alicyclic amines) is 1. The molecule has 2 rings (SSSR count). The lowest BCUT2D eigenvalue weighted by Gasteiger charge is -2.31. The number of guanidine groups is 1. The summed E-state index contributed by atoms with van der Waals surface area (Å²) in [6, 6.07) is 8.37. The molecule has 0 radical (unpaired) electrons. The van der Waals surface area contributed by atoms with Gasteiger partial charge in [-0.05, 0) is 58.2 Å². The number of benzene rings is 1. The van der Waals surface area contributed by atoms with Gasteiger partial charge in [-0.1, -0.05) is 24.3 Å². The Bertz CT molecular complexity index is 808. The van der Waals surface area contributed by atoms with Crippen molar-refractivity contribution in [2.45, 2.75) is 59.2 Å². The molecule has 0 bridgehead atoms. The van der Waals surface area contributed by atoms with Crippen LogP contribution in [-0.4, -0.2) is 66.3 Å². The van der Waals surface area contributed by atoms with Gasteiger partial charge in [0.15, 0.2) is 5.96 Å². The Morgan fingerprint density at radius 1 is 1.27 bits per heavy atom. The fourth-order valence-corrected chi connectivity index (χ4v) is 3.90. The molecular weight excluding hydrogens is 531 g/mol.